The van der Waals surface area contributed by atoms with Crippen molar-refractivity contribution in [2.75, 3.05) is 32.9 Å². The molecule has 0 bridgehead atoms. The molecule has 4 aromatic heterocycles. The zero-order valence-electron chi connectivity index (χ0n) is 20.5. The molecule has 0 saturated carbocycles. The van der Waals surface area contributed by atoms with Crippen molar-refractivity contribution in [3.63, 3.8) is 0 Å². The van der Waals surface area contributed by atoms with Gasteiger partial charge in [0.25, 0.3) is 0 Å². The number of nitrogens with zero attached hydrogens (tertiary/aromatic N) is 7. The van der Waals surface area contributed by atoms with Crippen LogP contribution in [0, 0.1) is 18.6 Å². The van der Waals surface area contributed by atoms with Crippen LogP contribution in [0.3, 0.4) is 0 Å². The van der Waals surface area contributed by atoms with Crippen LogP contribution in [-0.4, -0.2) is 79.2 Å². The average molecular weight is 544 g/mol. The summed E-state index contributed by atoms with van der Waals surface area (Å²) in [6.45, 7) is 5.02. The number of halogens is 3. The van der Waals surface area contributed by atoms with Gasteiger partial charge in [0.2, 0.25) is 5.78 Å². The molecule has 0 atom stereocenters. The molecule has 0 aromatic carbocycles. The molecule has 38 heavy (non-hydrogen) atoms. The number of carbonyl (C=O) groups is 1. The highest BCUT2D eigenvalue weighted by atomic mass is 35.5. The van der Waals surface area contributed by atoms with Crippen LogP contribution in [-0.2, 0) is 4.74 Å². The van der Waals surface area contributed by atoms with Crippen LogP contribution < -0.4 is 4.74 Å². The van der Waals surface area contributed by atoms with E-state index in [1.54, 1.807) is 12.3 Å². The molecule has 0 N–H and O–H groups in total. The Morgan fingerprint density at radius 2 is 1.97 bits per heavy atom. The van der Waals surface area contributed by atoms with E-state index < -0.39 is 24.0 Å². The first-order valence-corrected chi connectivity index (χ1v) is 12.6. The van der Waals surface area contributed by atoms with Gasteiger partial charge in [0.15, 0.2) is 12.4 Å². The van der Waals surface area contributed by atoms with E-state index in [4.69, 9.17) is 21.1 Å². The second-order valence-corrected chi connectivity index (χ2v) is 9.91. The Morgan fingerprint density at radius 3 is 2.68 bits per heavy atom. The molecule has 0 radical (unpaired) electrons. The van der Waals surface area contributed by atoms with Gasteiger partial charge in [-0.15, -0.1) is 5.10 Å². The van der Waals surface area contributed by atoms with Crippen molar-refractivity contribution in [2.24, 2.45) is 0 Å². The maximum atomic E-state index is 14.6. The fourth-order valence-corrected chi connectivity index (χ4v) is 5.26. The van der Waals surface area contributed by atoms with Crippen LogP contribution in [0.15, 0.2) is 30.7 Å². The Labute approximate surface area is 221 Å². The highest BCUT2D eigenvalue weighted by Gasteiger charge is 2.31. The first-order valence-electron chi connectivity index (χ1n) is 12.3. The molecule has 10 nitrogen and oxygen atoms in total. The molecule has 6 rings (SSSR count). The van der Waals surface area contributed by atoms with E-state index in [0.29, 0.717) is 17.3 Å². The van der Waals surface area contributed by atoms with E-state index >= 15 is 0 Å². The number of Topliss-reactive ketones (excluding diaryl/α,β-unsaturated/α-hetero) is 1. The molecule has 4 aromatic rings. The zero-order chi connectivity index (χ0) is 26.4. The van der Waals surface area contributed by atoms with Gasteiger partial charge in [-0.05, 0) is 31.9 Å². The molecule has 0 amide bonds. The van der Waals surface area contributed by atoms with E-state index in [1.165, 1.54) is 4.52 Å². The monoisotopic (exact) mass is 543 g/mol. The molecule has 6 heterocycles. The third-order valence-electron chi connectivity index (χ3n) is 7.15. The molecule has 0 aliphatic carbocycles. The molecule has 13 heteroatoms. The molecule has 0 unspecified atom stereocenters. The topological polar surface area (TPSA) is 99.7 Å². The SMILES string of the molecule is Cc1c(-c2cc(OCC(=O)c3ncc(F)cc3Cl)c3c(F)cnn3c2)nnn1C1CCN(C2COC2)CC1. The van der Waals surface area contributed by atoms with E-state index in [9.17, 15) is 13.6 Å². The molecule has 2 aliphatic heterocycles. The van der Waals surface area contributed by atoms with Crippen molar-refractivity contribution in [3.05, 3.63) is 58.8 Å². The Kier molecular flexibility index (Phi) is 6.54. The number of pyridine rings is 2. The van der Waals surface area contributed by atoms with E-state index in [1.807, 2.05) is 11.6 Å². The number of hydrogen-bond acceptors (Lipinski definition) is 8. The fourth-order valence-electron chi connectivity index (χ4n) is 5.00. The minimum Gasteiger partial charge on any atom is -0.483 e. The first-order chi connectivity index (χ1) is 18.4. The maximum absolute atomic E-state index is 14.6. The minimum absolute atomic E-state index is 0.0668. The Balaban J connectivity index is 1.25. The van der Waals surface area contributed by atoms with Crippen molar-refractivity contribution in [1.82, 2.24) is 34.5 Å². The summed E-state index contributed by atoms with van der Waals surface area (Å²) >= 11 is 5.95. The molecule has 2 aliphatic rings. The van der Waals surface area contributed by atoms with E-state index in [2.05, 4.69) is 25.3 Å². The highest BCUT2D eigenvalue weighted by Crippen LogP contribution is 2.33. The molecule has 2 fully saturated rings. The number of likely N-dealkylation sites (tertiary alicyclic amines) is 1. The molecule has 198 valence electrons. The van der Waals surface area contributed by atoms with Gasteiger partial charge in [0, 0.05) is 24.8 Å². The summed E-state index contributed by atoms with van der Waals surface area (Å²) in [6.07, 6.45) is 5.52. The van der Waals surface area contributed by atoms with Crippen LogP contribution in [0.1, 0.15) is 35.1 Å². The van der Waals surface area contributed by atoms with E-state index in [-0.39, 0.29) is 28.0 Å². The number of fused-ring (bicyclic) bond motifs is 1. The van der Waals surface area contributed by atoms with Crippen LogP contribution in [0.25, 0.3) is 16.8 Å². The lowest BCUT2D eigenvalue weighted by Crippen LogP contribution is -2.52. The third kappa shape index (κ3) is 4.52. The average Bonchev–Trinajstić information content (AvgIpc) is 3.44. The number of piperidine rings is 1. The number of aromatic nitrogens is 6. The maximum Gasteiger partial charge on any atom is 0.219 e. The Bertz CT molecular complexity index is 1510. The second kappa shape index (κ2) is 10.0. The van der Waals surface area contributed by atoms with E-state index in [0.717, 1.165) is 63.3 Å². The number of carbonyl (C=O) groups excluding carboxylic acids is 1. The smallest absolute Gasteiger partial charge is 0.219 e. The Morgan fingerprint density at radius 1 is 1.18 bits per heavy atom. The van der Waals surface area contributed by atoms with Gasteiger partial charge in [0.1, 0.15) is 28.5 Å². The largest absolute Gasteiger partial charge is 0.483 e. The summed E-state index contributed by atoms with van der Waals surface area (Å²) in [4.78, 5) is 18.9. The van der Waals surface area contributed by atoms with Crippen LogP contribution in [0.2, 0.25) is 5.02 Å². The lowest BCUT2D eigenvalue weighted by Gasteiger charge is -2.41. The number of ketones is 1. The number of rotatable bonds is 7. The lowest BCUT2D eigenvalue weighted by atomic mass is 10.0. The predicted molar refractivity (Wildman–Crippen MR) is 132 cm³/mol. The highest BCUT2D eigenvalue weighted by molar-refractivity contribution is 6.33. The zero-order valence-corrected chi connectivity index (χ0v) is 21.2. The number of hydrogen-bond donors (Lipinski definition) is 0. The molecule has 0 spiro atoms. The lowest BCUT2D eigenvalue weighted by molar-refractivity contribution is -0.0735. The van der Waals surface area contributed by atoms with Crippen molar-refractivity contribution >= 4 is 22.9 Å². The molecule has 2 saturated heterocycles. The van der Waals surface area contributed by atoms with Crippen LogP contribution >= 0.6 is 11.6 Å². The van der Waals surface area contributed by atoms with Gasteiger partial charge in [-0.2, -0.15) is 5.10 Å². The fraction of sp³-hybridized carbons (Fsp3) is 0.400. The number of ether oxygens (including phenoxy) is 2. The summed E-state index contributed by atoms with van der Waals surface area (Å²) in [5, 5.41) is 12.8. The summed E-state index contributed by atoms with van der Waals surface area (Å²) in [5.74, 6) is -1.76. The van der Waals surface area contributed by atoms with Gasteiger partial charge in [-0.25, -0.2) is 23.0 Å². The second-order valence-electron chi connectivity index (χ2n) is 9.50. The molecular weight excluding hydrogens is 520 g/mol. The summed E-state index contributed by atoms with van der Waals surface area (Å²) < 4.78 is 42.2. The minimum atomic E-state index is -0.662. The quantitative estimate of drug-likeness (QED) is 0.326. The normalized spacial score (nSPS) is 17.2. The van der Waals surface area contributed by atoms with Crippen molar-refractivity contribution in [2.45, 2.75) is 31.8 Å². The van der Waals surface area contributed by atoms with Gasteiger partial charge in [-0.3, -0.25) is 9.69 Å². The Hall–Kier alpha value is -3.48. The predicted octanol–water partition coefficient (Wildman–Crippen LogP) is 3.53. The van der Waals surface area contributed by atoms with Gasteiger partial charge < -0.3 is 9.47 Å². The standard InChI is InChI=1S/C25H24ClF2N7O3/c1-14-23(31-32-35(14)17-2-4-33(5-3-17)18-11-37-12-18)15-6-22(25-20(28)9-30-34(25)10-15)38-13-21(36)24-19(26)7-16(27)8-29-24/h6-10,17-18H,2-5,11-13H2,1H3. The van der Waals surface area contributed by atoms with Crippen molar-refractivity contribution in [3.8, 4) is 17.0 Å². The van der Waals surface area contributed by atoms with Crippen molar-refractivity contribution in [1.29, 1.82) is 0 Å². The summed E-state index contributed by atoms with van der Waals surface area (Å²) in [6, 6.07) is 3.34. The summed E-state index contributed by atoms with van der Waals surface area (Å²) in [5.41, 5.74) is 2.01. The van der Waals surface area contributed by atoms with Gasteiger partial charge in [-0.1, -0.05) is 16.8 Å². The van der Waals surface area contributed by atoms with Gasteiger partial charge in [0.05, 0.1) is 48.4 Å². The van der Waals surface area contributed by atoms with Crippen LogP contribution in [0.5, 0.6) is 5.75 Å². The first kappa shape index (κ1) is 24.8. The van der Waals surface area contributed by atoms with Gasteiger partial charge >= 0.3 is 0 Å². The molecular formula is C25H24ClF2N7O3. The van der Waals surface area contributed by atoms with Crippen molar-refractivity contribution < 1.29 is 23.0 Å². The summed E-state index contributed by atoms with van der Waals surface area (Å²) in [7, 11) is 0. The van der Waals surface area contributed by atoms with Crippen LogP contribution in [0.4, 0.5) is 8.78 Å². The third-order valence-corrected chi connectivity index (χ3v) is 7.43.